The van der Waals surface area contributed by atoms with E-state index in [1.54, 1.807) is 0 Å². The molecule has 1 N–H and O–H groups in total. The molecule has 2 heterocycles. The minimum Gasteiger partial charge on any atom is -0.337 e. The average molecular weight is 302 g/mol. The molecule has 1 aromatic carbocycles. The number of pyridine rings is 1. The summed E-state index contributed by atoms with van der Waals surface area (Å²) in [4.78, 5) is 12.4. The lowest BCUT2D eigenvalue weighted by atomic mass is 10.2. The van der Waals surface area contributed by atoms with Crippen LogP contribution in [0.15, 0.2) is 34.8 Å². The van der Waals surface area contributed by atoms with Crippen LogP contribution in [-0.2, 0) is 0 Å². The average Bonchev–Trinajstić information content (AvgIpc) is 2.70. The normalized spacial score (nSPS) is 11.1. The van der Waals surface area contributed by atoms with E-state index in [2.05, 4.69) is 43.9 Å². The number of benzene rings is 1. The van der Waals surface area contributed by atoms with Crippen LogP contribution in [0.4, 0.5) is 0 Å². The van der Waals surface area contributed by atoms with Crippen molar-refractivity contribution in [1.82, 2.24) is 15.0 Å². The lowest BCUT2D eigenvalue weighted by molar-refractivity contribution is 1.15. The van der Waals surface area contributed by atoms with Gasteiger partial charge in [0.1, 0.15) is 5.69 Å². The molecule has 2 aromatic heterocycles. The number of H-pyrrole nitrogens is 1. The molecule has 0 radical (unpaired) electrons. The summed E-state index contributed by atoms with van der Waals surface area (Å²) in [5.74, 6) is 0.815. The highest BCUT2D eigenvalue weighted by molar-refractivity contribution is 9.10. The molecular weight excluding hydrogens is 290 g/mol. The number of nitrogens with one attached hydrogen (secondary N) is 1. The molecule has 3 rings (SSSR count). The largest absolute Gasteiger partial charge is 0.337 e. The monoisotopic (exact) mass is 301 g/mol. The molecule has 90 valence electrons. The standard InChI is InChI=1S/C14H12BrN3/c1-8-5-9(2)16-13(6-8)14-17-11-4-3-10(15)7-12(11)18-14/h3-7H,1-2H3,(H,17,18). The summed E-state index contributed by atoms with van der Waals surface area (Å²) in [6.45, 7) is 4.06. The van der Waals surface area contributed by atoms with E-state index in [9.17, 15) is 0 Å². The highest BCUT2D eigenvalue weighted by Crippen LogP contribution is 2.22. The Morgan fingerprint density at radius 2 is 1.89 bits per heavy atom. The van der Waals surface area contributed by atoms with E-state index in [1.165, 1.54) is 5.56 Å². The van der Waals surface area contributed by atoms with E-state index >= 15 is 0 Å². The van der Waals surface area contributed by atoms with Crippen LogP contribution in [0.2, 0.25) is 0 Å². The number of hydrogen-bond acceptors (Lipinski definition) is 2. The van der Waals surface area contributed by atoms with Crippen molar-refractivity contribution in [3.05, 3.63) is 46.1 Å². The first-order chi connectivity index (χ1) is 8.61. The molecule has 0 atom stereocenters. The van der Waals surface area contributed by atoms with Gasteiger partial charge in [0.05, 0.1) is 11.0 Å². The molecule has 18 heavy (non-hydrogen) atoms. The SMILES string of the molecule is Cc1cc(C)nc(-c2nc3ccc(Br)cc3[nH]2)c1. The molecule has 0 aliphatic rings. The van der Waals surface area contributed by atoms with E-state index in [4.69, 9.17) is 0 Å². The van der Waals surface area contributed by atoms with Gasteiger partial charge in [-0.05, 0) is 49.7 Å². The van der Waals surface area contributed by atoms with Gasteiger partial charge in [0.2, 0.25) is 0 Å². The number of aromatic amines is 1. The fourth-order valence-electron chi connectivity index (χ4n) is 2.07. The Morgan fingerprint density at radius 1 is 1.06 bits per heavy atom. The van der Waals surface area contributed by atoms with Gasteiger partial charge in [0.25, 0.3) is 0 Å². The summed E-state index contributed by atoms with van der Waals surface area (Å²) in [7, 11) is 0. The first kappa shape index (κ1) is 11.4. The topological polar surface area (TPSA) is 41.6 Å². The Labute approximate surface area is 113 Å². The summed E-state index contributed by atoms with van der Waals surface area (Å²) in [6.07, 6.45) is 0. The summed E-state index contributed by atoms with van der Waals surface area (Å²) >= 11 is 3.46. The molecule has 0 saturated heterocycles. The zero-order valence-electron chi connectivity index (χ0n) is 10.2. The van der Waals surface area contributed by atoms with Crippen LogP contribution in [0.25, 0.3) is 22.6 Å². The van der Waals surface area contributed by atoms with Gasteiger partial charge in [-0.3, -0.25) is 0 Å². The van der Waals surface area contributed by atoms with E-state index in [0.29, 0.717) is 0 Å². The third-order valence-electron chi connectivity index (χ3n) is 2.78. The lowest BCUT2D eigenvalue weighted by Crippen LogP contribution is -1.90. The van der Waals surface area contributed by atoms with Crippen molar-refractivity contribution in [3.63, 3.8) is 0 Å². The summed E-state index contributed by atoms with van der Waals surface area (Å²) < 4.78 is 1.04. The smallest absolute Gasteiger partial charge is 0.157 e. The second-order valence-electron chi connectivity index (χ2n) is 4.42. The third kappa shape index (κ3) is 2.04. The number of aryl methyl sites for hydroxylation is 2. The molecule has 0 amide bonds. The molecule has 4 heteroatoms. The Hall–Kier alpha value is -1.68. The van der Waals surface area contributed by atoms with E-state index in [-0.39, 0.29) is 0 Å². The van der Waals surface area contributed by atoms with Gasteiger partial charge in [0.15, 0.2) is 5.82 Å². The van der Waals surface area contributed by atoms with Gasteiger partial charge >= 0.3 is 0 Å². The van der Waals surface area contributed by atoms with Gasteiger partial charge in [0, 0.05) is 10.2 Å². The predicted molar refractivity (Wildman–Crippen MR) is 76.5 cm³/mol. The lowest BCUT2D eigenvalue weighted by Gasteiger charge is -2.00. The maximum atomic E-state index is 4.57. The molecule has 0 aliphatic heterocycles. The van der Waals surface area contributed by atoms with Crippen LogP contribution in [-0.4, -0.2) is 15.0 Å². The highest BCUT2D eigenvalue weighted by Gasteiger charge is 2.07. The van der Waals surface area contributed by atoms with Crippen molar-refractivity contribution in [3.8, 4) is 11.5 Å². The van der Waals surface area contributed by atoms with Crippen LogP contribution < -0.4 is 0 Å². The van der Waals surface area contributed by atoms with Crippen molar-refractivity contribution in [1.29, 1.82) is 0 Å². The molecule has 0 aliphatic carbocycles. The summed E-state index contributed by atoms with van der Waals surface area (Å²) in [5, 5.41) is 0. The van der Waals surface area contributed by atoms with Crippen molar-refractivity contribution in [2.75, 3.05) is 0 Å². The first-order valence-electron chi connectivity index (χ1n) is 5.73. The fourth-order valence-corrected chi connectivity index (χ4v) is 2.43. The molecule has 0 saturated carbocycles. The van der Waals surface area contributed by atoms with Crippen molar-refractivity contribution in [2.45, 2.75) is 13.8 Å². The summed E-state index contributed by atoms with van der Waals surface area (Å²) in [6, 6.07) is 10.1. The zero-order valence-corrected chi connectivity index (χ0v) is 11.7. The number of imidazole rings is 1. The molecule has 3 nitrogen and oxygen atoms in total. The number of hydrogen-bond donors (Lipinski definition) is 1. The minimum atomic E-state index is 0.815. The van der Waals surface area contributed by atoms with Crippen LogP contribution in [0, 0.1) is 13.8 Å². The predicted octanol–water partition coefficient (Wildman–Crippen LogP) is 4.00. The maximum absolute atomic E-state index is 4.57. The molecule has 3 aromatic rings. The number of nitrogens with zero attached hydrogens (tertiary/aromatic N) is 2. The number of aromatic nitrogens is 3. The van der Waals surface area contributed by atoms with Crippen LogP contribution in [0.5, 0.6) is 0 Å². The van der Waals surface area contributed by atoms with Gasteiger partial charge in [-0.2, -0.15) is 0 Å². The fraction of sp³-hybridized carbons (Fsp3) is 0.143. The highest BCUT2D eigenvalue weighted by atomic mass is 79.9. The summed E-state index contributed by atoms with van der Waals surface area (Å²) in [5.41, 5.74) is 5.06. The Bertz CT molecular complexity index is 711. The quantitative estimate of drug-likeness (QED) is 0.738. The van der Waals surface area contributed by atoms with Gasteiger partial charge in [-0.25, -0.2) is 9.97 Å². The van der Waals surface area contributed by atoms with Crippen molar-refractivity contribution >= 4 is 27.0 Å². The Balaban J connectivity index is 2.19. The first-order valence-corrected chi connectivity index (χ1v) is 6.52. The number of halogens is 1. The molecule has 0 fully saturated rings. The van der Waals surface area contributed by atoms with Crippen molar-refractivity contribution in [2.24, 2.45) is 0 Å². The maximum Gasteiger partial charge on any atom is 0.157 e. The second kappa shape index (κ2) is 4.21. The number of rotatable bonds is 1. The Kier molecular flexibility index (Phi) is 2.67. The van der Waals surface area contributed by atoms with Gasteiger partial charge in [-0.1, -0.05) is 15.9 Å². The molecule has 0 bridgehead atoms. The molecular formula is C14H12BrN3. The van der Waals surface area contributed by atoms with Crippen LogP contribution in [0.1, 0.15) is 11.3 Å². The van der Waals surface area contributed by atoms with E-state index in [0.717, 1.165) is 32.7 Å². The minimum absolute atomic E-state index is 0.815. The van der Waals surface area contributed by atoms with Crippen LogP contribution in [0.3, 0.4) is 0 Å². The Morgan fingerprint density at radius 3 is 2.67 bits per heavy atom. The van der Waals surface area contributed by atoms with Gasteiger partial charge in [-0.15, -0.1) is 0 Å². The van der Waals surface area contributed by atoms with Gasteiger partial charge < -0.3 is 4.98 Å². The zero-order chi connectivity index (χ0) is 12.7. The molecule has 0 spiro atoms. The second-order valence-corrected chi connectivity index (χ2v) is 5.33. The van der Waals surface area contributed by atoms with Crippen LogP contribution >= 0.6 is 15.9 Å². The number of fused-ring (bicyclic) bond motifs is 1. The molecule has 0 unspecified atom stereocenters. The van der Waals surface area contributed by atoms with E-state index < -0.39 is 0 Å². The third-order valence-corrected chi connectivity index (χ3v) is 3.28. The van der Waals surface area contributed by atoms with E-state index in [1.807, 2.05) is 31.2 Å². The van der Waals surface area contributed by atoms with Crippen molar-refractivity contribution < 1.29 is 0 Å².